The van der Waals surface area contributed by atoms with Crippen molar-refractivity contribution in [2.24, 2.45) is 5.92 Å². The van der Waals surface area contributed by atoms with Gasteiger partial charge in [-0.05, 0) is 37.5 Å². The Morgan fingerprint density at radius 2 is 1.95 bits per heavy atom. The van der Waals surface area contributed by atoms with Crippen molar-refractivity contribution in [3.05, 3.63) is 29.8 Å². The molecule has 0 bridgehead atoms. The van der Waals surface area contributed by atoms with E-state index in [1.54, 1.807) is 7.11 Å². The summed E-state index contributed by atoms with van der Waals surface area (Å²) in [5.74, 6) is 1.65. The molecule has 3 nitrogen and oxygen atoms in total. The number of benzene rings is 1. The molecule has 0 aromatic heterocycles. The van der Waals surface area contributed by atoms with Gasteiger partial charge in [0.1, 0.15) is 5.75 Å². The Morgan fingerprint density at radius 1 is 1.29 bits per heavy atom. The lowest BCUT2D eigenvalue weighted by Gasteiger charge is -2.44. The minimum atomic E-state index is 0.444. The molecule has 4 unspecified atom stereocenters. The van der Waals surface area contributed by atoms with Crippen LogP contribution in [0.15, 0.2) is 24.3 Å². The predicted molar refractivity (Wildman–Crippen MR) is 88.8 cm³/mol. The van der Waals surface area contributed by atoms with Crippen LogP contribution in [0.25, 0.3) is 0 Å². The maximum absolute atomic E-state index is 5.25. The average Bonchev–Trinajstić information content (AvgIpc) is 2.54. The molecule has 0 spiro atoms. The minimum Gasteiger partial charge on any atom is -0.497 e. The Kier molecular flexibility index (Phi) is 5.65. The molecule has 1 aromatic rings. The number of piperazine rings is 1. The van der Waals surface area contributed by atoms with Gasteiger partial charge < -0.3 is 10.1 Å². The molecule has 118 valence electrons. The van der Waals surface area contributed by atoms with Gasteiger partial charge in [0.2, 0.25) is 0 Å². The summed E-state index contributed by atoms with van der Waals surface area (Å²) in [7, 11) is 1.72. The van der Waals surface area contributed by atoms with Gasteiger partial charge >= 0.3 is 0 Å². The highest BCUT2D eigenvalue weighted by Crippen LogP contribution is 2.27. The van der Waals surface area contributed by atoms with Crippen molar-refractivity contribution in [3.8, 4) is 5.75 Å². The predicted octanol–water partition coefficient (Wildman–Crippen LogP) is 3.46. The summed E-state index contributed by atoms with van der Waals surface area (Å²) >= 11 is 0. The van der Waals surface area contributed by atoms with E-state index < -0.39 is 0 Å². The van der Waals surface area contributed by atoms with Crippen molar-refractivity contribution in [2.45, 2.75) is 52.2 Å². The van der Waals surface area contributed by atoms with E-state index in [1.165, 1.54) is 12.0 Å². The SMILES string of the molecule is CCC(C)C1CN(C(C)c2ccc(OC)cc2)C(C)CN1. The molecule has 0 saturated carbocycles. The highest BCUT2D eigenvalue weighted by atomic mass is 16.5. The minimum absolute atomic E-state index is 0.444. The summed E-state index contributed by atoms with van der Waals surface area (Å²) in [4.78, 5) is 2.63. The van der Waals surface area contributed by atoms with E-state index in [-0.39, 0.29) is 0 Å². The molecule has 1 heterocycles. The van der Waals surface area contributed by atoms with Gasteiger partial charge in [0, 0.05) is 31.2 Å². The highest BCUT2D eigenvalue weighted by Gasteiger charge is 2.30. The maximum atomic E-state index is 5.25. The van der Waals surface area contributed by atoms with Crippen molar-refractivity contribution in [1.82, 2.24) is 10.2 Å². The number of hydrogen-bond donors (Lipinski definition) is 1. The van der Waals surface area contributed by atoms with Crippen LogP contribution in [-0.4, -0.2) is 37.2 Å². The molecule has 1 saturated heterocycles. The molecule has 2 rings (SSSR count). The largest absolute Gasteiger partial charge is 0.497 e. The molecule has 1 fully saturated rings. The zero-order chi connectivity index (χ0) is 15.4. The lowest BCUT2D eigenvalue weighted by molar-refractivity contribution is 0.0819. The number of methoxy groups -OCH3 is 1. The number of ether oxygens (including phenoxy) is 1. The lowest BCUT2D eigenvalue weighted by atomic mass is 9.93. The van der Waals surface area contributed by atoms with E-state index in [1.807, 2.05) is 0 Å². The molecule has 21 heavy (non-hydrogen) atoms. The molecule has 1 aliphatic rings. The fourth-order valence-electron chi connectivity index (χ4n) is 3.19. The fraction of sp³-hybridized carbons (Fsp3) is 0.667. The van der Waals surface area contributed by atoms with E-state index in [9.17, 15) is 0 Å². The van der Waals surface area contributed by atoms with E-state index >= 15 is 0 Å². The van der Waals surface area contributed by atoms with Gasteiger partial charge in [-0.3, -0.25) is 4.90 Å². The molecule has 0 radical (unpaired) electrons. The van der Waals surface area contributed by atoms with Crippen LogP contribution >= 0.6 is 0 Å². The molecule has 3 heteroatoms. The number of nitrogens with one attached hydrogen (secondary N) is 1. The molecule has 1 aromatic carbocycles. The third kappa shape index (κ3) is 3.78. The Hall–Kier alpha value is -1.06. The van der Waals surface area contributed by atoms with Crippen LogP contribution in [0.2, 0.25) is 0 Å². The molecular formula is C18H30N2O. The van der Waals surface area contributed by atoms with Crippen molar-refractivity contribution in [3.63, 3.8) is 0 Å². The summed E-state index contributed by atoms with van der Waals surface area (Å²) in [6, 6.07) is 10.1. The topological polar surface area (TPSA) is 24.5 Å². The third-order valence-corrected chi connectivity index (χ3v) is 5.08. The molecule has 0 aliphatic carbocycles. The van der Waals surface area contributed by atoms with Crippen LogP contribution in [0.5, 0.6) is 5.75 Å². The van der Waals surface area contributed by atoms with Crippen LogP contribution in [0.3, 0.4) is 0 Å². The standard InChI is InChI=1S/C18H30N2O/c1-6-13(2)18-12-20(14(3)11-19-18)15(4)16-7-9-17(21-5)10-8-16/h7-10,13-15,18-19H,6,11-12H2,1-5H3. The number of nitrogens with zero attached hydrogens (tertiary/aromatic N) is 1. The first-order valence-electron chi connectivity index (χ1n) is 8.19. The first-order valence-corrected chi connectivity index (χ1v) is 8.19. The summed E-state index contributed by atoms with van der Waals surface area (Å²) in [6.45, 7) is 11.5. The second-order valence-electron chi connectivity index (χ2n) is 6.40. The van der Waals surface area contributed by atoms with Crippen LogP contribution < -0.4 is 10.1 Å². The second-order valence-corrected chi connectivity index (χ2v) is 6.40. The summed E-state index contributed by atoms with van der Waals surface area (Å²) in [6.07, 6.45) is 1.23. The Morgan fingerprint density at radius 3 is 2.52 bits per heavy atom. The van der Waals surface area contributed by atoms with Gasteiger partial charge in [-0.25, -0.2) is 0 Å². The Bertz CT molecular complexity index is 431. The Balaban J connectivity index is 2.09. The smallest absolute Gasteiger partial charge is 0.118 e. The van der Waals surface area contributed by atoms with Gasteiger partial charge in [0.05, 0.1) is 7.11 Å². The van der Waals surface area contributed by atoms with E-state index in [4.69, 9.17) is 4.74 Å². The van der Waals surface area contributed by atoms with Crippen LogP contribution in [0, 0.1) is 5.92 Å². The summed E-state index contributed by atoms with van der Waals surface area (Å²) < 4.78 is 5.25. The summed E-state index contributed by atoms with van der Waals surface area (Å²) in [5, 5.41) is 3.71. The number of hydrogen-bond acceptors (Lipinski definition) is 3. The van der Waals surface area contributed by atoms with Gasteiger partial charge in [-0.1, -0.05) is 32.4 Å². The van der Waals surface area contributed by atoms with Crippen LogP contribution in [-0.2, 0) is 0 Å². The van der Waals surface area contributed by atoms with Gasteiger partial charge in [-0.2, -0.15) is 0 Å². The summed E-state index contributed by atoms with van der Waals surface area (Å²) in [5.41, 5.74) is 1.37. The van der Waals surface area contributed by atoms with Gasteiger partial charge in [0.15, 0.2) is 0 Å². The van der Waals surface area contributed by atoms with Gasteiger partial charge in [-0.15, -0.1) is 0 Å². The van der Waals surface area contributed by atoms with Crippen LogP contribution in [0.1, 0.15) is 45.7 Å². The monoisotopic (exact) mass is 290 g/mol. The molecule has 0 amide bonds. The lowest BCUT2D eigenvalue weighted by Crippen LogP contribution is -2.57. The maximum Gasteiger partial charge on any atom is 0.118 e. The van der Waals surface area contributed by atoms with E-state index in [0.717, 1.165) is 24.8 Å². The third-order valence-electron chi connectivity index (χ3n) is 5.08. The molecule has 1 N–H and O–H groups in total. The van der Waals surface area contributed by atoms with Gasteiger partial charge in [0.25, 0.3) is 0 Å². The van der Waals surface area contributed by atoms with E-state index in [2.05, 4.69) is 62.2 Å². The number of rotatable bonds is 5. The normalized spacial score (nSPS) is 26.3. The fourth-order valence-corrected chi connectivity index (χ4v) is 3.19. The van der Waals surface area contributed by atoms with Crippen molar-refractivity contribution in [1.29, 1.82) is 0 Å². The first-order chi connectivity index (χ1) is 10.1. The van der Waals surface area contributed by atoms with Crippen molar-refractivity contribution >= 4 is 0 Å². The van der Waals surface area contributed by atoms with E-state index in [0.29, 0.717) is 18.1 Å². The Labute approximate surface area is 129 Å². The zero-order valence-electron chi connectivity index (χ0n) is 14.1. The second kappa shape index (κ2) is 7.28. The van der Waals surface area contributed by atoms with Crippen LogP contribution in [0.4, 0.5) is 0 Å². The first kappa shape index (κ1) is 16.3. The molecular weight excluding hydrogens is 260 g/mol. The quantitative estimate of drug-likeness (QED) is 0.898. The highest BCUT2D eigenvalue weighted by molar-refractivity contribution is 5.29. The average molecular weight is 290 g/mol. The molecule has 1 aliphatic heterocycles. The van der Waals surface area contributed by atoms with Crippen molar-refractivity contribution in [2.75, 3.05) is 20.2 Å². The zero-order valence-corrected chi connectivity index (χ0v) is 14.1. The molecule has 4 atom stereocenters. The van der Waals surface area contributed by atoms with Crippen molar-refractivity contribution < 1.29 is 4.74 Å².